The molecule has 1 amide bonds. The Morgan fingerprint density at radius 3 is 2.37 bits per heavy atom. The molecule has 1 rings (SSSR count). The maximum atomic E-state index is 11.3. The number of aliphatic carboxylic acids is 1. The van der Waals surface area contributed by atoms with Gasteiger partial charge in [-0.2, -0.15) is 0 Å². The Morgan fingerprint density at radius 1 is 1.26 bits per heavy atom. The van der Waals surface area contributed by atoms with E-state index in [4.69, 9.17) is 14.6 Å². The molecule has 0 radical (unpaired) electrons. The predicted molar refractivity (Wildman–Crippen MR) is 68.3 cm³/mol. The van der Waals surface area contributed by atoms with Crippen LogP contribution in [0, 0.1) is 5.92 Å². The van der Waals surface area contributed by atoms with E-state index in [1.165, 1.54) is 6.92 Å². The molecule has 6 heteroatoms. The normalized spacial score (nSPS) is 11.5. The molecule has 1 unspecified atom stereocenters. The minimum atomic E-state index is -1.14. The van der Waals surface area contributed by atoms with Gasteiger partial charge in [-0.15, -0.1) is 0 Å². The van der Waals surface area contributed by atoms with Gasteiger partial charge in [0.1, 0.15) is 24.0 Å². The molecular weight excluding hydrogens is 250 g/mol. The Balaban J connectivity index is 2.27. The van der Waals surface area contributed by atoms with Gasteiger partial charge in [0.2, 0.25) is 5.91 Å². The van der Waals surface area contributed by atoms with Crippen LogP contribution < -0.4 is 14.8 Å². The molecule has 2 N–H and O–H groups in total. The van der Waals surface area contributed by atoms with Gasteiger partial charge in [0.05, 0.1) is 13.7 Å². The third-order valence-electron chi connectivity index (χ3n) is 2.49. The summed E-state index contributed by atoms with van der Waals surface area (Å²) < 4.78 is 10.4. The topological polar surface area (TPSA) is 84.9 Å². The van der Waals surface area contributed by atoms with E-state index in [0.29, 0.717) is 5.75 Å². The lowest BCUT2D eigenvalue weighted by Crippen LogP contribution is -2.35. The molecule has 0 aliphatic heterocycles. The SMILES string of the molecule is COc1ccc(OCCNC(=O)C(C)C(=O)O)cc1. The van der Waals surface area contributed by atoms with Crippen LogP contribution in [0.4, 0.5) is 0 Å². The van der Waals surface area contributed by atoms with Crippen molar-refractivity contribution in [2.24, 2.45) is 5.92 Å². The van der Waals surface area contributed by atoms with Crippen LogP contribution in [0.2, 0.25) is 0 Å². The largest absolute Gasteiger partial charge is 0.497 e. The van der Waals surface area contributed by atoms with Gasteiger partial charge in [-0.25, -0.2) is 0 Å². The summed E-state index contributed by atoms with van der Waals surface area (Å²) in [5, 5.41) is 11.1. The lowest BCUT2D eigenvalue weighted by Gasteiger charge is -2.10. The smallest absolute Gasteiger partial charge is 0.315 e. The van der Waals surface area contributed by atoms with Gasteiger partial charge < -0.3 is 19.9 Å². The van der Waals surface area contributed by atoms with E-state index >= 15 is 0 Å². The van der Waals surface area contributed by atoms with E-state index in [0.717, 1.165) is 5.75 Å². The number of carbonyl (C=O) groups is 2. The third kappa shape index (κ3) is 4.87. The number of ether oxygens (including phenoxy) is 2. The minimum Gasteiger partial charge on any atom is -0.497 e. The number of benzene rings is 1. The van der Waals surface area contributed by atoms with Gasteiger partial charge in [0, 0.05) is 0 Å². The second-order valence-electron chi connectivity index (χ2n) is 3.87. The van der Waals surface area contributed by atoms with Gasteiger partial charge in [-0.1, -0.05) is 0 Å². The van der Waals surface area contributed by atoms with Crippen molar-refractivity contribution in [2.75, 3.05) is 20.3 Å². The van der Waals surface area contributed by atoms with Gasteiger partial charge in [0.25, 0.3) is 0 Å². The molecule has 19 heavy (non-hydrogen) atoms. The molecule has 6 nitrogen and oxygen atoms in total. The van der Waals surface area contributed by atoms with Crippen molar-refractivity contribution >= 4 is 11.9 Å². The lowest BCUT2D eigenvalue weighted by atomic mass is 10.2. The van der Waals surface area contributed by atoms with Crippen molar-refractivity contribution < 1.29 is 24.2 Å². The van der Waals surface area contributed by atoms with Gasteiger partial charge in [-0.05, 0) is 31.2 Å². The number of hydrogen-bond donors (Lipinski definition) is 2. The van der Waals surface area contributed by atoms with Crippen LogP contribution >= 0.6 is 0 Å². The lowest BCUT2D eigenvalue weighted by molar-refractivity contribution is -0.146. The van der Waals surface area contributed by atoms with Crippen molar-refractivity contribution in [1.82, 2.24) is 5.32 Å². The summed E-state index contributed by atoms with van der Waals surface area (Å²) in [6.07, 6.45) is 0. The van der Waals surface area contributed by atoms with Crippen LogP contribution in [0.25, 0.3) is 0 Å². The molecule has 0 bridgehead atoms. The van der Waals surface area contributed by atoms with Gasteiger partial charge >= 0.3 is 5.97 Å². The summed E-state index contributed by atoms with van der Waals surface area (Å²) in [7, 11) is 1.58. The van der Waals surface area contributed by atoms with Crippen LogP contribution in [-0.4, -0.2) is 37.2 Å². The van der Waals surface area contributed by atoms with Crippen LogP contribution in [0.1, 0.15) is 6.92 Å². The Kier molecular flexibility index (Phi) is 5.66. The molecule has 0 aliphatic carbocycles. The first kappa shape index (κ1) is 14.8. The number of methoxy groups -OCH3 is 1. The summed E-state index contributed by atoms with van der Waals surface area (Å²) in [5.74, 6) is -1.34. The molecule has 1 aromatic carbocycles. The molecule has 0 aliphatic rings. The van der Waals surface area contributed by atoms with Crippen molar-refractivity contribution in [3.63, 3.8) is 0 Å². The molecule has 1 aromatic rings. The van der Waals surface area contributed by atoms with E-state index in [1.807, 2.05) is 0 Å². The molecule has 104 valence electrons. The average Bonchev–Trinajstić information content (AvgIpc) is 2.43. The maximum absolute atomic E-state index is 11.3. The quantitative estimate of drug-likeness (QED) is 0.566. The highest BCUT2D eigenvalue weighted by Gasteiger charge is 2.19. The first-order chi connectivity index (χ1) is 9.04. The monoisotopic (exact) mass is 267 g/mol. The standard InChI is InChI=1S/C13H17NO5/c1-9(13(16)17)12(15)14-7-8-19-11-5-3-10(18-2)4-6-11/h3-6,9H,7-8H2,1-2H3,(H,14,15)(H,16,17). The second kappa shape index (κ2) is 7.25. The summed E-state index contributed by atoms with van der Waals surface area (Å²) in [6.45, 7) is 1.86. The Morgan fingerprint density at radius 2 is 1.84 bits per heavy atom. The van der Waals surface area contributed by atoms with Gasteiger partial charge in [0.15, 0.2) is 0 Å². The van der Waals surface area contributed by atoms with E-state index in [-0.39, 0.29) is 13.2 Å². The molecule has 0 fully saturated rings. The molecule has 0 spiro atoms. The zero-order valence-electron chi connectivity index (χ0n) is 10.9. The fraction of sp³-hybridized carbons (Fsp3) is 0.385. The number of carbonyl (C=O) groups excluding carboxylic acids is 1. The maximum Gasteiger partial charge on any atom is 0.315 e. The molecule has 0 heterocycles. The fourth-order valence-corrected chi connectivity index (χ4v) is 1.28. The highest BCUT2D eigenvalue weighted by Crippen LogP contribution is 2.16. The molecular formula is C13H17NO5. The van der Waals surface area contributed by atoms with Crippen LogP contribution in [-0.2, 0) is 9.59 Å². The molecule has 0 aromatic heterocycles. The van der Waals surface area contributed by atoms with E-state index in [1.54, 1.807) is 31.4 Å². The summed E-state index contributed by atoms with van der Waals surface area (Å²) >= 11 is 0. The zero-order valence-corrected chi connectivity index (χ0v) is 10.9. The van der Waals surface area contributed by atoms with Crippen molar-refractivity contribution in [2.45, 2.75) is 6.92 Å². The number of carboxylic acid groups (broad SMARTS) is 1. The van der Waals surface area contributed by atoms with E-state index < -0.39 is 17.8 Å². The Hall–Kier alpha value is -2.24. The number of amides is 1. The summed E-state index contributed by atoms with van der Waals surface area (Å²) in [5.41, 5.74) is 0. The third-order valence-corrected chi connectivity index (χ3v) is 2.49. The second-order valence-corrected chi connectivity index (χ2v) is 3.87. The number of rotatable bonds is 7. The van der Waals surface area contributed by atoms with Crippen molar-refractivity contribution in [3.05, 3.63) is 24.3 Å². The Bertz CT molecular complexity index is 429. The van der Waals surface area contributed by atoms with Crippen molar-refractivity contribution in [1.29, 1.82) is 0 Å². The van der Waals surface area contributed by atoms with Gasteiger partial charge in [-0.3, -0.25) is 9.59 Å². The number of hydrogen-bond acceptors (Lipinski definition) is 4. The zero-order chi connectivity index (χ0) is 14.3. The number of nitrogens with one attached hydrogen (secondary N) is 1. The van der Waals surface area contributed by atoms with E-state index in [9.17, 15) is 9.59 Å². The van der Waals surface area contributed by atoms with Crippen LogP contribution in [0.3, 0.4) is 0 Å². The molecule has 1 atom stereocenters. The first-order valence-electron chi connectivity index (χ1n) is 5.82. The predicted octanol–water partition coefficient (Wildman–Crippen LogP) is 0.911. The Labute approximate surface area is 111 Å². The van der Waals surface area contributed by atoms with E-state index in [2.05, 4.69) is 5.32 Å². The highest BCUT2D eigenvalue weighted by atomic mass is 16.5. The van der Waals surface area contributed by atoms with Crippen LogP contribution in [0.5, 0.6) is 11.5 Å². The molecule has 0 saturated carbocycles. The highest BCUT2D eigenvalue weighted by molar-refractivity contribution is 5.96. The number of carboxylic acids is 1. The van der Waals surface area contributed by atoms with Crippen LogP contribution in [0.15, 0.2) is 24.3 Å². The minimum absolute atomic E-state index is 0.252. The summed E-state index contributed by atoms with van der Waals surface area (Å²) in [6, 6.07) is 7.03. The summed E-state index contributed by atoms with van der Waals surface area (Å²) in [4.78, 5) is 21.9. The fourth-order valence-electron chi connectivity index (χ4n) is 1.28. The molecule has 0 saturated heterocycles. The van der Waals surface area contributed by atoms with Crippen molar-refractivity contribution in [3.8, 4) is 11.5 Å². The average molecular weight is 267 g/mol. The first-order valence-corrected chi connectivity index (χ1v) is 5.82.